The Morgan fingerprint density at radius 2 is 1.93 bits per heavy atom. The second-order valence-electron chi connectivity index (χ2n) is 8.66. The first-order chi connectivity index (χ1) is 14.2. The molecule has 1 aromatic carbocycles. The molecule has 0 atom stereocenters. The van der Waals surface area contributed by atoms with Crippen LogP contribution in [0.1, 0.15) is 63.1 Å². The normalized spacial score (nSPS) is 17.2. The zero-order valence-corrected chi connectivity index (χ0v) is 18.2. The molecule has 2 aromatic rings. The van der Waals surface area contributed by atoms with Crippen molar-refractivity contribution in [3.63, 3.8) is 0 Å². The van der Waals surface area contributed by atoms with Crippen molar-refractivity contribution in [3.05, 3.63) is 23.4 Å². The van der Waals surface area contributed by atoms with E-state index in [1.165, 1.54) is 55.7 Å². The Hall–Kier alpha value is -2.01. The molecule has 158 valence electrons. The van der Waals surface area contributed by atoms with E-state index < -0.39 is 0 Å². The van der Waals surface area contributed by atoms with Gasteiger partial charge < -0.3 is 19.7 Å². The van der Waals surface area contributed by atoms with E-state index in [4.69, 9.17) is 14.5 Å². The number of hydrogen-bond donors (Lipinski definition) is 1. The van der Waals surface area contributed by atoms with Crippen LogP contribution in [0.3, 0.4) is 0 Å². The van der Waals surface area contributed by atoms with E-state index in [0.29, 0.717) is 12.5 Å². The van der Waals surface area contributed by atoms with Crippen molar-refractivity contribution < 1.29 is 9.47 Å². The maximum atomic E-state index is 6.15. The maximum Gasteiger partial charge on any atom is 0.163 e. The third-order valence-corrected chi connectivity index (χ3v) is 6.18. The number of benzene rings is 1. The number of pyridine rings is 1. The summed E-state index contributed by atoms with van der Waals surface area (Å²) in [5, 5.41) is 4.82. The summed E-state index contributed by atoms with van der Waals surface area (Å²) in [4.78, 5) is 7.60. The molecule has 0 spiro atoms. The average molecular weight is 398 g/mol. The number of rotatable bonds is 7. The molecule has 0 aliphatic carbocycles. The number of nitrogens with one attached hydrogen (secondary N) is 1. The Labute approximate surface area is 174 Å². The number of hydrogen-bond acceptors (Lipinski definition) is 5. The summed E-state index contributed by atoms with van der Waals surface area (Å²) in [5.41, 5.74) is 4.84. The Kier molecular flexibility index (Phi) is 6.43. The lowest BCUT2D eigenvalue weighted by Crippen LogP contribution is -2.21. The SMILES string of the molecule is COc1cc2c3c(c(C(C)C)nc2cc1OCCCN1CCCC1)CCCCN3. The summed E-state index contributed by atoms with van der Waals surface area (Å²) in [6, 6.07) is 4.18. The minimum atomic E-state index is 0.403. The van der Waals surface area contributed by atoms with Crippen LogP contribution in [0.15, 0.2) is 12.1 Å². The molecule has 3 heterocycles. The topological polar surface area (TPSA) is 46.6 Å². The van der Waals surface area contributed by atoms with Gasteiger partial charge in [-0.1, -0.05) is 13.8 Å². The van der Waals surface area contributed by atoms with Crippen LogP contribution in [0.2, 0.25) is 0 Å². The number of aromatic nitrogens is 1. The van der Waals surface area contributed by atoms with Crippen LogP contribution in [0.4, 0.5) is 5.69 Å². The Morgan fingerprint density at radius 1 is 1.10 bits per heavy atom. The highest BCUT2D eigenvalue weighted by Gasteiger charge is 2.21. The molecule has 1 N–H and O–H groups in total. The molecule has 0 unspecified atom stereocenters. The lowest BCUT2D eigenvalue weighted by molar-refractivity contribution is 0.254. The van der Waals surface area contributed by atoms with Gasteiger partial charge in [-0.25, -0.2) is 0 Å². The fourth-order valence-electron chi connectivity index (χ4n) is 4.65. The van der Waals surface area contributed by atoms with E-state index in [0.717, 1.165) is 48.3 Å². The van der Waals surface area contributed by atoms with Gasteiger partial charge in [0.25, 0.3) is 0 Å². The summed E-state index contributed by atoms with van der Waals surface area (Å²) < 4.78 is 11.8. The predicted octanol–water partition coefficient (Wildman–Crippen LogP) is 4.98. The van der Waals surface area contributed by atoms with Crippen molar-refractivity contribution in [1.29, 1.82) is 0 Å². The van der Waals surface area contributed by atoms with Crippen molar-refractivity contribution in [2.24, 2.45) is 0 Å². The van der Waals surface area contributed by atoms with Crippen LogP contribution in [0.25, 0.3) is 10.9 Å². The second-order valence-corrected chi connectivity index (χ2v) is 8.66. The highest BCUT2D eigenvalue weighted by atomic mass is 16.5. The maximum absolute atomic E-state index is 6.15. The molecule has 1 saturated heterocycles. The van der Waals surface area contributed by atoms with Crippen LogP contribution in [0, 0.1) is 0 Å². The molecular weight excluding hydrogens is 362 g/mol. The van der Waals surface area contributed by atoms with E-state index >= 15 is 0 Å². The van der Waals surface area contributed by atoms with Gasteiger partial charge in [0, 0.05) is 35.9 Å². The lowest BCUT2D eigenvalue weighted by Gasteiger charge is -2.20. The van der Waals surface area contributed by atoms with E-state index in [9.17, 15) is 0 Å². The summed E-state index contributed by atoms with van der Waals surface area (Å²) in [5.74, 6) is 2.00. The summed E-state index contributed by atoms with van der Waals surface area (Å²) in [6.07, 6.45) is 7.21. The van der Waals surface area contributed by atoms with Gasteiger partial charge in [0.15, 0.2) is 11.5 Å². The van der Waals surface area contributed by atoms with Gasteiger partial charge >= 0.3 is 0 Å². The minimum Gasteiger partial charge on any atom is -0.493 e. The molecule has 5 nitrogen and oxygen atoms in total. The summed E-state index contributed by atoms with van der Waals surface area (Å²) in [7, 11) is 1.72. The Bertz CT molecular complexity index is 844. The first-order valence-electron chi connectivity index (χ1n) is 11.3. The average Bonchev–Trinajstić information content (AvgIpc) is 3.12. The number of ether oxygens (including phenoxy) is 2. The molecule has 0 amide bonds. The van der Waals surface area contributed by atoms with Crippen LogP contribution >= 0.6 is 0 Å². The molecule has 1 aromatic heterocycles. The predicted molar refractivity (Wildman–Crippen MR) is 120 cm³/mol. The van der Waals surface area contributed by atoms with Crippen molar-refractivity contribution in [2.75, 3.05) is 45.2 Å². The van der Waals surface area contributed by atoms with E-state index in [1.54, 1.807) is 7.11 Å². The molecule has 2 aliphatic heterocycles. The van der Waals surface area contributed by atoms with E-state index in [-0.39, 0.29) is 0 Å². The molecule has 5 heteroatoms. The molecule has 0 saturated carbocycles. The number of fused-ring (bicyclic) bond motifs is 3. The van der Waals surface area contributed by atoms with Gasteiger partial charge in [-0.2, -0.15) is 0 Å². The Morgan fingerprint density at radius 3 is 2.69 bits per heavy atom. The Balaban J connectivity index is 1.61. The third kappa shape index (κ3) is 4.45. The first kappa shape index (κ1) is 20.3. The van der Waals surface area contributed by atoms with Crippen molar-refractivity contribution in [3.8, 4) is 11.5 Å². The standard InChI is InChI=1S/C24H35N3O2/c1-17(2)23-18-9-4-5-10-25-24(18)19-15-21(28-3)22(16-20(19)26-23)29-14-8-13-27-11-6-7-12-27/h15-17,25H,4-14H2,1-3H3. The summed E-state index contributed by atoms with van der Waals surface area (Å²) >= 11 is 0. The quantitative estimate of drug-likeness (QED) is 0.668. The number of nitrogens with zero attached hydrogens (tertiary/aromatic N) is 2. The molecule has 1 fully saturated rings. The minimum absolute atomic E-state index is 0.403. The zero-order valence-electron chi connectivity index (χ0n) is 18.2. The molecule has 0 radical (unpaired) electrons. The van der Waals surface area contributed by atoms with E-state index in [2.05, 4.69) is 36.2 Å². The third-order valence-electron chi connectivity index (χ3n) is 6.18. The van der Waals surface area contributed by atoms with E-state index in [1.807, 2.05) is 0 Å². The van der Waals surface area contributed by atoms with Gasteiger partial charge in [-0.15, -0.1) is 0 Å². The van der Waals surface area contributed by atoms with Crippen molar-refractivity contribution in [1.82, 2.24) is 9.88 Å². The smallest absolute Gasteiger partial charge is 0.163 e. The highest BCUT2D eigenvalue weighted by Crippen LogP contribution is 2.40. The summed E-state index contributed by atoms with van der Waals surface area (Å²) in [6.45, 7) is 9.78. The first-order valence-corrected chi connectivity index (χ1v) is 11.3. The monoisotopic (exact) mass is 397 g/mol. The van der Waals surface area contributed by atoms with Crippen LogP contribution in [-0.4, -0.2) is 49.8 Å². The van der Waals surface area contributed by atoms with Gasteiger partial charge in [-0.05, 0) is 69.2 Å². The number of anilines is 1. The molecular formula is C24H35N3O2. The van der Waals surface area contributed by atoms with Crippen LogP contribution in [-0.2, 0) is 6.42 Å². The number of likely N-dealkylation sites (tertiary alicyclic amines) is 1. The molecule has 29 heavy (non-hydrogen) atoms. The van der Waals surface area contributed by atoms with Crippen LogP contribution < -0.4 is 14.8 Å². The van der Waals surface area contributed by atoms with Gasteiger partial charge in [0.1, 0.15) is 0 Å². The molecule has 0 bridgehead atoms. The van der Waals surface area contributed by atoms with Crippen molar-refractivity contribution >= 4 is 16.6 Å². The van der Waals surface area contributed by atoms with Crippen molar-refractivity contribution in [2.45, 2.75) is 58.3 Å². The van der Waals surface area contributed by atoms with Gasteiger partial charge in [-0.3, -0.25) is 4.98 Å². The lowest BCUT2D eigenvalue weighted by atomic mass is 9.96. The highest BCUT2D eigenvalue weighted by molar-refractivity contribution is 5.96. The fourth-order valence-corrected chi connectivity index (χ4v) is 4.65. The van der Waals surface area contributed by atoms with Crippen LogP contribution in [0.5, 0.6) is 11.5 Å². The van der Waals surface area contributed by atoms with Gasteiger partial charge in [0.2, 0.25) is 0 Å². The van der Waals surface area contributed by atoms with Gasteiger partial charge in [0.05, 0.1) is 19.2 Å². The fraction of sp³-hybridized carbons (Fsp3) is 0.625. The molecule has 4 rings (SSSR count). The largest absolute Gasteiger partial charge is 0.493 e. The zero-order chi connectivity index (χ0) is 20.2. The number of methoxy groups -OCH3 is 1. The molecule has 2 aliphatic rings. The second kappa shape index (κ2) is 9.21.